The van der Waals surface area contributed by atoms with Crippen molar-refractivity contribution < 1.29 is 48.0 Å². The van der Waals surface area contributed by atoms with E-state index in [2.05, 4.69) is 6.58 Å². The molecule has 0 bridgehead atoms. The third-order valence-electron chi connectivity index (χ3n) is 7.77. The van der Waals surface area contributed by atoms with Gasteiger partial charge in [0.25, 0.3) is 0 Å². The van der Waals surface area contributed by atoms with Crippen LogP contribution in [0.3, 0.4) is 0 Å². The molecule has 0 heterocycles. The minimum atomic E-state index is -0.851. The molecule has 0 spiro atoms. The van der Waals surface area contributed by atoms with Crippen LogP contribution in [0.5, 0.6) is 11.5 Å². The molecule has 2 saturated carbocycles. The van der Waals surface area contributed by atoms with Gasteiger partial charge in [-0.05, 0) is 101 Å². The van der Waals surface area contributed by atoms with Gasteiger partial charge in [-0.2, -0.15) is 0 Å². The Hall–Kier alpha value is -3.69. The number of hydrogen-bond acceptors (Lipinski definition) is 9. The van der Waals surface area contributed by atoms with Gasteiger partial charge >= 0.3 is 29.8 Å². The van der Waals surface area contributed by atoms with Crippen LogP contribution in [0, 0.1) is 23.7 Å². The molecule has 1 aromatic carbocycles. The van der Waals surface area contributed by atoms with Crippen LogP contribution in [-0.4, -0.2) is 48.2 Å². The highest BCUT2D eigenvalue weighted by Gasteiger charge is 2.35. The standard InChI is InChI=1S/C31H40O10/c1-2-27(32)39-20-6-4-3-5-19-38-25-15-17-26(18-16-25)40-29(35)22-11-13-24(14-12-22)31(37)41-30(36)23-9-7-21(8-10-23)28(33)34/h2,15-18,21-24H,1,3-14,19-20H2,(H,33,34). The second-order valence-corrected chi connectivity index (χ2v) is 10.7. The number of esters is 4. The highest BCUT2D eigenvalue weighted by Crippen LogP contribution is 2.33. The Morgan fingerprint density at radius 3 is 1.66 bits per heavy atom. The summed E-state index contributed by atoms with van der Waals surface area (Å²) in [4.78, 5) is 59.6. The van der Waals surface area contributed by atoms with Gasteiger partial charge in [-0.15, -0.1) is 0 Å². The number of carboxylic acids is 1. The Morgan fingerprint density at radius 2 is 1.15 bits per heavy atom. The van der Waals surface area contributed by atoms with E-state index in [-0.39, 0.29) is 11.9 Å². The van der Waals surface area contributed by atoms with Crippen LogP contribution in [0.25, 0.3) is 0 Å². The minimum absolute atomic E-state index is 0.336. The molecule has 1 aromatic rings. The summed E-state index contributed by atoms with van der Waals surface area (Å²) in [6.07, 6.45) is 8.13. The first-order valence-corrected chi connectivity index (χ1v) is 14.5. The summed E-state index contributed by atoms with van der Waals surface area (Å²) in [5, 5.41) is 9.09. The summed E-state index contributed by atoms with van der Waals surface area (Å²) in [5.41, 5.74) is 0. The van der Waals surface area contributed by atoms with Crippen molar-refractivity contribution in [1.29, 1.82) is 0 Å². The van der Waals surface area contributed by atoms with Crippen LogP contribution >= 0.6 is 0 Å². The van der Waals surface area contributed by atoms with Gasteiger partial charge < -0.3 is 24.1 Å². The smallest absolute Gasteiger partial charge is 0.330 e. The first-order chi connectivity index (χ1) is 19.8. The Bertz CT molecular complexity index is 1050. The van der Waals surface area contributed by atoms with Gasteiger partial charge in [0.15, 0.2) is 0 Å². The molecule has 2 fully saturated rings. The first kappa shape index (κ1) is 31.8. The molecule has 0 amide bonds. The fourth-order valence-corrected chi connectivity index (χ4v) is 5.19. The Morgan fingerprint density at radius 1 is 0.683 bits per heavy atom. The van der Waals surface area contributed by atoms with Crippen LogP contribution < -0.4 is 9.47 Å². The van der Waals surface area contributed by atoms with Crippen molar-refractivity contribution in [2.75, 3.05) is 13.2 Å². The Labute approximate surface area is 240 Å². The molecule has 10 heteroatoms. The van der Waals surface area contributed by atoms with Crippen molar-refractivity contribution in [2.45, 2.75) is 77.0 Å². The average molecular weight is 573 g/mol. The lowest BCUT2D eigenvalue weighted by atomic mass is 9.81. The number of benzene rings is 1. The SMILES string of the molecule is C=CC(=O)OCCCCCCOc1ccc(OC(=O)C2CCC(C(=O)OC(=O)C3CCC(C(=O)O)CC3)CC2)cc1. The van der Waals surface area contributed by atoms with Crippen molar-refractivity contribution >= 4 is 29.8 Å². The fourth-order valence-electron chi connectivity index (χ4n) is 5.19. The van der Waals surface area contributed by atoms with Crippen molar-refractivity contribution in [1.82, 2.24) is 0 Å². The van der Waals surface area contributed by atoms with E-state index in [1.807, 2.05) is 0 Å². The minimum Gasteiger partial charge on any atom is -0.494 e. The lowest BCUT2D eigenvalue weighted by Crippen LogP contribution is -2.33. The van der Waals surface area contributed by atoms with Crippen LogP contribution in [0.15, 0.2) is 36.9 Å². The van der Waals surface area contributed by atoms with Gasteiger partial charge in [-0.25, -0.2) is 4.79 Å². The molecule has 3 rings (SSSR count). The first-order valence-electron chi connectivity index (χ1n) is 14.5. The fraction of sp³-hybridized carbons (Fsp3) is 0.581. The molecule has 10 nitrogen and oxygen atoms in total. The maximum atomic E-state index is 12.7. The van der Waals surface area contributed by atoms with Crippen molar-refractivity contribution in [3.05, 3.63) is 36.9 Å². The number of rotatable bonds is 14. The highest BCUT2D eigenvalue weighted by molar-refractivity contribution is 5.88. The van der Waals surface area contributed by atoms with E-state index >= 15 is 0 Å². The predicted molar refractivity (Wildman–Crippen MR) is 147 cm³/mol. The number of unbranched alkanes of at least 4 members (excludes halogenated alkanes) is 3. The molecule has 0 aliphatic heterocycles. The van der Waals surface area contributed by atoms with E-state index in [9.17, 15) is 24.0 Å². The zero-order valence-corrected chi connectivity index (χ0v) is 23.4. The van der Waals surface area contributed by atoms with Crippen LogP contribution in [0.1, 0.15) is 77.0 Å². The van der Waals surface area contributed by atoms with Gasteiger partial charge in [-0.3, -0.25) is 19.2 Å². The molecule has 41 heavy (non-hydrogen) atoms. The second-order valence-electron chi connectivity index (χ2n) is 10.7. The van der Waals surface area contributed by atoms with E-state index in [4.69, 9.17) is 24.1 Å². The number of aliphatic carboxylic acids is 1. The molecule has 1 N–H and O–H groups in total. The molecular weight excluding hydrogens is 532 g/mol. The molecule has 0 aromatic heterocycles. The van der Waals surface area contributed by atoms with Gasteiger partial charge in [0.1, 0.15) is 11.5 Å². The largest absolute Gasteiger partial charge is 0.494 e. The summed E-state index contributed by atoms with van der Waals surface area (Å²) >= 11 is 0. The molecular formula is C31H40O10. The van der Waals surface area contributed by atoms with Crippen LogP contribution in [0.4, 0.5) is 0 Å². The normalized spacial score (nSPS) is 22.1. The number of carboxylic acid groups (broad SMARTS) is 1. The average Bonchev–Trinajstić information content (AvgIpc) is 2.99. The van der Waals surface area contributed by atoms with Gasteiger partial charge in [0.05, 0.1) is 36.9 Å². The van der Waals surface area contributed by atoms with Gasteiger partial charge in [0, 0.05) is 6.08 Å². The maximum Gasteiger partial charge on any atom is 0.330 e. The summed E-state index contributed by atoms with van der Waals surface area (Å²) in [5.74, 6) is -3.31. The molecule has 2 aliphatic carbocycles. The molecule has 0 unspecified atom stereocenters. The number of carbonyl (C=O) groups is 5. The summed E-state index contributed by atoms with van der Waals surface area (Å²) in [6, 6.07) is 6.85. The molecule has 0 saturated heterocycles. The van der Waals surface area contributed by atoms with Crippen LogP contribution in [-0.2, 0) is 33.4 Å². The van der Waals surface area contributed by atoms with Gasteiger partial charge in [0.2, 0.25) is 0 Å². The van der Waals surface area contributed by atoms with E-state index in [0.717, 1.165) is 31.8 Å². The number of carbonyl (C=O) groups excluding carboxylic acids is 4. The van der Waals surface area contributed by atoms with Crippen LogP contribution in [0.2, 0.25) is 0 Å². The topological polar surface area (TPSA) is 142 Å². The molecule has 224 valence electrons. The second kappa shape index (κ2) is 16.5. The summed E-state index contributed by atoms with van der Waals surface area (Å²) in [6.45, 7) is 4.29. The van der Waals surface area contributed by atoms with Gasteiger partial charge in [-0.1, -0.05) is 6.58 Å². The van der Waals surface area contributed by atoms with E-state index < -0.39 is 41.6 Å². The van der Waals surface area contributed by atoms with Crippen molar-refractivity contribution in [3.63, 3.8) is 0 Å². The Kier molecular flexibility index (Phi) is 12.8. The molecule has 2 aliphatic rings. The lowest BCUT2D eigenvalue weighted by Gasteiger charge is -2.27. The zero-order chi connectivity index (χ0) is 29.6. The molecule has 0 atom stereocenters. The highest BCUT2D eigenvalue weighted by atomic mass is 16.6. The quantitative estimate of drug-likeness (QED) is 0.106. The monoisotopic (exact) mass is 572 g/mol. The summed E-state index contributed by atoms with van der Waals surface area (Å²) in [7, 11) is 0. The van der Waals surface area contributed by atoms with E-state index in [1.54, 1.807) is 24.3 Å². The van der Waals surface area contributed by atoms with E-state index in [1.165, 1.54) is 0 Å². The van der Waals surface area contributed by atoms with Crippen molar-refractivity contribution in [2.24, 2.45) is 23.7 Å². The maximum absolute atomic E-state index is 12.7. The number of hydrogen-bond donors (Lipinski definition) is 1. The third-order valence-corrected chi connectivity index (χ3v) is 7.77. The number of ether oxygens (including phenoxy) is 4. The summed E-state index contributed by atoms with van der Waals surface area (Å²) < 4.78 is 21.3. The van der Waals surface area contributed by atoms with E-state index in [0.29, 0.717) is 76.1 Å². The lowest BCUT2D eigenvalue weighted by molar-refractivity contribution is -0.168. The molecule has 0 radical (unpaired) electrons. The third kappa shape index (κ3) is 10.7. The zero-order valence-electron chi connectivity index (χ0n) is 23.4. The Balaban J connectivity index is 1.29. The predicted octanol–water partition coefficient (Wildman–Crippen LogP) is 5.03. The van der Waals surface area contributed by atoms with Crippen molar-refractivity contribution in [3.8, 4) is 11.5 Å².